The van der Waals surface area contributed by atoms with Gasteiger partial charge in [0, 0.05) is 47.6 Å². The van der Waals surface area contributed by atoms with Gasteiger partial charge in [-0.25, -0.2) is 9.59 Å². The van der Waals surface area contributed by atoms with Crippen molar-refractivity contribution >= 4 is 34.8 Å². The minimum Gasteiger partial charge on any atom is -0.478 e. The van der Waals surface area contributed by atoms with Crippen LogP contribution in [-0.4, -0.2) is 52.2 Å². The van der Waals surface area contributed by atoms with Crippen LogP contribution in [0.3, 0.4) is 0 Å². The number of hydrogen-bond donors (Lipinski definition) is 5. The number of ether oxygens (including phenoxy) is 1. The number of alkyl carbamates (subject to hydrolysis) is 1. The summed E-state index contributed by atoms with van der Waals surface area (Å²) in [4.78, 5) is 54.2. The monoisotopic (exact) mass is 614 g/mol. The van der Waals surface area contributed by atoms with E-state index in [1.807, 2.05) is 36.5 Å². The number of para-hydroxylation sites is 1. The molecule has 2 fully saturated rings. The van der Waals surface area contributed by atoms with Crippen molar-refractivity contribution in [2.75, 3.05) is 6.54 Å². The molecule has 5 rings (SSSR count). The van der Waals surface area contributed by atoms with Crippen LogP contribution >= 0.6 is 0 Å². The smallest absolute Gasteiger partial charge is 0.408 e. The number of amides is 3. The first-order chi connectivity index (χ1) is 21.3. The zero-order chi connectivity index (χ0) is 32.4. The Balaban J connectivity index is 1.36. The van der Waals surface area contributed by atoms with E-state index in [2.05, 4.69) is 41.7 Å². The van der Waals surface area contributed by atoms with Crippen LogP contribution in [-0.2, 0) is 25.5 Å². The van der Waals surface area contributed by atoms with E-state index < -0.39 is 35.5 Å². The van der Waals surface area contributed by atoms with Crippen LogP contribution in [0.25, 0.3) is 10.9 Å². The van der Waals surface area contributed by atoms with Crippen molar-refractivity contribution in [2.45, 2.75) is 71.1 Å². The Morgan fingerprint density at radius 1 is 1.07 bits per heavy atom. The number of carbonyl (C=O) groups is 4. The summed E-state index contributed by atoms with van der Waals surface area (Å²) in [7, 11) is 0. The van der Waals surface area contributed by atoms with E-state index in [0.29, 0.717) is 11.5 Å². The van der Waals surface area contributed by atoms with Gasteiger partial charge in [0.05, 0.1) is 6.04 Å². The normalized spacial score (nSPS) is 23.7. The lowest BCUT2D eigenvalue weighted by Gasteiger charge is -2.39. The lowest BCUT2D eigenvalue weighted by molar-refractivity contribution is -0.131. The van der Waals surface area contributed by atoms with Gasteiger partial charge in [-0.15, -0.1) is 0 Å². The predicted octanol–water partition coefficient (Wildman–Crippen LogP) is 5.02. The molecule has 10 heteroatoms. The van der Waals surface area contributed by atoms with Crippen molar-refractivity contribution in [3.8, 4) is 0 Å². The van der Waals surface area contributed by atoms with Crippen LogP contribution in [0.4, 0.5) is 4.79 Å². The average molecular weight is 615 g/mol. The van der Waals surface area contributed by atoms with Gasteiger partial charge in [0.15, 0.2) is 0 Å². The third-order valence-corrected chi connectivity index (χ3v) is 10.4. The molecule has 0 spiro atoms. The minimum absolute atomic E-state index is 0.00767. The van der Waals surface area contributed by atoms with E-state index in [4.69, 9.17) is 9.84 Å². The summed E-state index contributed by atoms with van der Waals surface area (Å²) in [5.41, 5.74) is 0.983. The Hall–Kier alpha value is -4.60. The minimum atomic E-state index is -1.41. The zero-order valence-electron chi connectivity index (χ0n) is 26.2. The maximum atomic E-state index is 14.0. The quantitative estimate of drug-likeness (QED) is 0.191. The SMILES string of the molecule is CC1(C)[C@H]2CCC1(C)[C@H](OC(=O)N[C@](C)(Cc1c[nH]c3ccccc13)C(=O)NC[C@@H](NC(=O)/C=C/C(=O)O)c1ccccc1)C2. The Kier molecular flexibility index (Phi) is 8.78. The number of aromatic nitrogens is 1. The highest BCUT2D eigenvalue weighted by atomic mass is 16.6. The highest BCUT2D eigenvalue weighted by Crippen LogP contribution is 2.66. The maximum absolute atomic E-state index is 14.0. The molecule has 2 saturated carbocycles. The topological polar surface area (TPSA) is 150 Å². The zero-order valence-corrected chi connectivity index (χ0v) is 26.2. The molecule has 1 unspecified atom stereocenters. The molecule has 2 bridgehead atoms. The van der Waals surface area contributed by atoms with E-state index in [0.717, 1.165) is 47.9 Å². The number of rotatable bonds is 11. The number of aliphatic carboxylic acids is 1. The summed E-state index contributed by atoms with van der Waals surface area (Å²) >= 11 is 0. The number of benzene rings is 2. The lowest BCUT2D eigenvalue weighted by Crippen LogP contribution is -2.59. The summed E-state index contributed by atoms with van der Waals surface area (Å²) in [6, 6.07) is 16.1. The lowest BCUT2D eigenvalue weighted by atomic mass is 9.70. The first-order valence-electron chi connectivity index (χ1n) is 15.4. The van der Waals surface area contributed by atoms with Crippen LogP contribution in [0.1, 0.15) is 64.1 Å². The number of aromatic amines is 1. The molecule has 45 heavy (non-hydrogen) atoms. The van der Waals surface area contributed by atoms with Crippen LogP contribution in [0.5, 0.6) is 0 Å². The highest BCUT2D eigenvalue weighted by Gasteiger charge is 2.63. The fourth-order valence-corrected chi connectivity index (χ4v) is 7.23. The number of hydrogen-bond acceptors (Lipinski definition) is 5. The summed E-state index contributed by atoms with van der Waals surface area (Å²) in [5, 5.41) is 18.4. The average Bonchev–Trinajstić information content (AvgIpc) is 3.57. The van der Waals surface area contributed by atoms with E-state index in [1.54, 1.807) is 31.2 Å². The van der Waals surface area contributed by atoms with E-state index in [1.165, 1.54) is 0 Å². The first kappa shape index (κ1) is 31.8. The number of fused-ring (bicyclic) bond motifs is 3. The number of H-pyrrole nitrogens is 1. The molecule has 1 heterocycles. The summed E-state index contributed by atoms with van der Waals surface area (Å²) in [6.45, 7) is 8.36. The Bertz CT molecular complexity index is 1610. The standard InChI is InChI=1S/C35H42N4O6/c1-33(2)24-16-17-34(33,3)28(18-24)45-32(44)39-35(4,19-23-20-36-26-13-9-8-12-25(23)26)31(43)37-21-27(22-10-6-5-7-11-22)38-29(40)14-15-30(41)42/h5-15,20,24,27-28,36H,16-19,21H2,1-4H3,(H,37,43)(H,38,40)(H,39,44)(H,41,42)/b15-14+/t24-,27+,28+,34?,35+/m0/s1. The highest BCUT2D eigenvalue weighted by molar-refractivity contribution is 5.94. The van der Waals surface area contributed by atoms with Crippen molar-refractivity contribution in [3.63, 3.8) is 0 Å². The molecule has 10 nitrogen and oxygen atoms in total. The molecule has 0 aliphatic heterocycles. The van der Waals surface area contributed by atoms with Crippen molar-refractivity contribution in [2.24, 2.45) is 16.7 Å². The molecule has 1 aromatic heterocycles. The van der Waals surface area contributed by atoms with Crippen molar-refractivity contribution in [3.05, 3.63) is 84.1 Å². The molecule has 238 valence electrons. The van der Waals surface area contributed by atoms with Crippen molar-refractivity contribution in [1.82, 2.24) is 20.9 Å². The van der Waals surface area contributed by atoms with E-state index in [-0.39, 0.29) is 29.9 Å². The van der Waals surface area contributed by atoms with Gasteiger partial charge in [-0.05, 0) is 54.7 Å². The van der Waals surface area contributed by atoms with Gasteiger partial charge >= 0.3 is 12.1 Å². The molecule has 0 saturated heterocycles. The second-order valence-electron chi connectivity index (χ2n) is 13.4. The van der Waals surface area contributed by atoms with Gasteiger partial charge in [-0.2, -0.15) is 0 Å². The van der Waals surface area contributed by atoms with Gasteiger partial charge in [0.25, 0.3) is 0 Å². The number of carbonyl (C=O) groups excluding carboxylic acids is 3. The fourth-order valence-electron chi connectivity index (χ4n) is 7.23. The van der Waals surface area contributed by atoms with Crippen LogP contribution in [0.2, 0.25) is 0 Å². The summed E-state index contributed by atoms with van der Waals surface area (Å²) < 4.78 is 6.08. The molecule has 5 N–H and O–H groups in total. The van der Waals surface area contributed by atoms with Crippen LogP contribution in [0, 0.1) is 16.7 Å². The fraction of sp³-hybridized carbons (Fsp3) is 0.429. The first-order valence-corrected chi connectivity index (χ1v) is 15.4. The van der Waals surface area contributed by atoms with Crippen molar-refractivity contribution < 1.29 is 29.0 Å². The summed E-state index contributed by atoms with van der Waals surface area (Å²) in [6.07, 6.45) is 5.72. The number of nitrogens with one attached hydrogen (secondary N) is 4. The molecule has 0 radical (unpaired) electrons. The number of carboxylic acids is 1. The third kappa shape index (κ3) is 6.45. The van der Waals surface area contributed by atoms with Gasteiger partial charge < -0.3 is 30.8 Å². The summed E-state index contributed by atoms with van der Waals surface area (Å²) in [5.74, 6) is -1.84. The van der Waals surface area contributed by atoms with E-state index in [9.17, 15) is 19.2 Å². The van der Waals surface area contributed by atoms with Crippen LogP contribution < -0.4 is 16.0 Å². The second-order valence-corrected chi connectivity index (χ2v) is 13.4. The number of carboxylic acid groups (broad SMARTS) is 1. The third-order valence-electron chi connectivity index (χ3n) is 10.4. The molecule has 3 aromatic rings. The maximum Gasteiger partial charge on any atom is 0.408 e. The molecule has 2 aromatic carbocycles. The molecule has 3 amide bonds. The largest absolute Gasteiger partial charge is 0.478 e. The molecule has 5 atom stereocenters. The van der Waals surface area contributed by atoms with Crippen LogP contribution in [0.15, 0.2) is 72.9 Å². The van der Waals surface area contributed by atoms with Gasteiger partial charge in [-0.3, -0.25) is 9.59 Å². The van der Waals surface area contributed by atoms with Gasteiger partial charge in [0.1, 0.15) is 11.6 Å². The molecule has 2 aliphatic carbocycles. The second kappa shape index (κ2) is 12.4. The van der Waals surface area contributed by atoms with Crippen molar-refractivity contribution in [1.29, 1.82) is 0 Å². The Morgan fingerprint density at radius 2 is 1.78 bits per heavy atom. The molecular formula is C35H42N4O6. The predicted molar refractivity (Wildman–Crippen MR) is 170 cm³/mol. The van der Waals surface area contributed by atoms with Gasteiger partial charge in [-0.1, -0.05) is 69.3 Å². The van der Waals surface area contributed by atoms with Gasteiger partial charge in [0.2, 0.25) is 11.8 Å². The molecule has 2 aliphatic rings. The van der Waals surface area contributed by atoms with E-state index >= 15 is 0 Å². The Labute approximate surface area is 263 Å². The Morgan fingerprint density at radius 3 is 2.44 bits per heavy atom. The molecular weight excluding hydrogens is 572 g/mol.